The summed E-state index contributed by atoms with van der Waals surface area (Å²) in [5.74, 6) is 0.358. The van der Waals surface area contributed by atoms with Crippen molar-refractivity contribution in [2.45, 2.75) is 20.8 Å². The standard InChI is InChI=1S/C11H14O3/c1-4-13-11(12)6-5-10-9(3)8(2)7-14-10/h5-7H,4H2,1-3H3/b6-5+. The van der Waals surface area contributed by atoms with Crippen molar-refractivity contribution in [2.75, 3.05) is 6.61 Å². The lowest BCUT2D eigenvalue weighted by Gasteiger charge is -1.94. The van der Waals surface area contributed by atoms with Gasteiger partial charge < -0.3 is 9.15 Å². The fourth-order valence-electron chi connectivity index (χ4n) is 1.02. The molecule has 0 unspecified atom stereocenters. The van der Waals surface area contributed by atoms with Crippen molar-refractivity contribution in [3.8, 4) is 0 Å². The Morgan fingerprint density at radius 3 is 2.79 bits per heavy atom. The molecule has 0 atom stereocenters. The number of carbonyl (C=O) groups excluding carboxylic acids is 1. The minimum absolute atomic E-state index is 0.346. The summed E-state index contributed by atoms with van der Waals surface area (Å²) >= 11 is 0. The van der Waals surface area contributed by atoms with Gasteiger partial charge in [0.05, 0.1) is 12.9 Å². The summed E-state index contributed by atoms with van der Waals surface area (Å²) in [7, 11) is 0. The second-order valence-corrected chi connectivity index (χ2v) is 2.99. The molecule has 0 saturated carbocycles. The van der Waals surface area contributed by atoms with Gasteiger partial charge in [-0.3, -0.25) is 0 Å². The van der Waals surface area contributed by atoms with Crippen molar-refractivity contribution in [3.05, 3.63) is 29.2 Å². The number of ether oxygens (including phenoxy) is 1. The smallest absolute Gasteiger partial charge is 0.330 e. The minimum Gasteiger partial charge on any atom is -0.464 e. The molecule has 0 aliphatic carbocycles. The Bertz CT molecular complexity index is 347. The third kappa shape index (κ3) is 2.49. The Labute approximate surface area is 83.4 Å². The van der Waals surface area contributed by atoms with E-state index >= 15 is 0 Å². The van der Waals surface area contributed by atoms with Crippen molar-refractivity contribution in [1.29, 1.82) is 0 Å². The summed E-state index contributed by atoms with van der Waals surface area (Å²) in [6.45, 7) is 6.07. The summed E-state index contributed by atoms with van der Waals surface area (Å²) < 4.78 is 9.97. The molecule has 0 saturated heterocycles. The normalized spacial score (nSPS) is 10.8. The molecular formula is C11H14O3. The molecule has 3 heteroatoms. The topological polar surface area (TPSA) is 39.4 Å². The molecule has 0 N–H and O–H groups in total. The zero-order valence-corrected chi connectivity index (χ0v) is 8.66. The van der Waals surface area contributed by atoms with E-state index in [4.69, 9.17) is 9.15 Å². The first-order chi connectivity index (χ1) is 6.65. The molecular weight excluding hydrogens is 180 g/mol. The number of hydrogen-bond acceptors (Lipinski definition) is 3. The van der Waals surface area contributed by atoms with Gasteiger partial charge in [0, 0.05) is 6.08 Å². The molecule has 0 fully saturated rings. The van der Waals surface area contributed by atoms with Crippen LogP contribution in [0.25, 0.3) is 6.08 Å². The summed E-state index contributed by atoms with van der Waals surface area (Å²) in [5, 5.41) is 0. The molecule has 1 heterocycles. The van der Waals surface area contributed by atoms with Crippen molar-refractivity contribution < 1.29 is 13.9 Å². The van der Waals surface area contributed by atoms with E-state index in [2.05, 4.69) is 0 Å². The average Bonchev–Trinajstić information content (AvgIpc) is 2.46. The second kappa shape index (κ2) is 4.65. The maximum atomic E-state index is 11.0. The van der Waals surface area contributed by atoms with E-state index in [1.807, 2.05) is 13.8 Å². The van der Waals surface area contributed by atoms with Crippen LogP contribution in [0.15, 0.2) is 16.8 Å². The van der Waals surface area contributed by atoms with Crippen LogP contribution in [-0.4, -0.2) is 12.6 Å². The van der Waals surface area contributed by atoms with E-state index in [9.17, 15) is 4.79 Å². The number of aryl methyl sites for hydroxylation is 1. The van der Waals surface area contributed by atoms with Gasteiger partial charge in [0.1, 0.15) is 5.76 Å². The summed E-state index contributed by atoms with van der Waals surface area (Å²) in [6, 6.07) is 0. The Hall–Kier alpha value is -1.51. The van der Waals surface area contributed by atoms with Crippen LogP contribution in [0.3, 0.4) is 0 Å². The van der Waals surface area contributed by atoms with Gasteiger partial charge in [0.25, 0.3) is 0 Å². The Morgan fingerprint density at radius 1 is 1.57 bits per heavy atom. The predicted molar refractivity (Wildman–Crippen MR) is 53.8 cm³/mol. The molecule has 76 valence electrons. The van der Waals surface area contributed by atoms with Crippen molar-refractivity contribution in [2.24, 2.45) is 0 Å². The van der Waals surface area contributed by atoms with E-state index in [1.165, 1.54) is 6.08 Å². The fourth-order valence-corrected chi connectivity index (χ4v) is 1.02. The molecule has 0 aliphatic rings. The van der Waals surface area contributed by atoms with E-state index in [1.54, 1.807) is 19.3 Å². The van der Waals surface area contributed by atoms with Crippen molar-refractivity contribution in [1.82, 2.24) is 0 Å². The lowest BCUT2D eigenvalue weighted by Crippen LogP contribution is -1.98. The van der Waals surface area contributed by atoms with Gasteiger partial charge in [-0.15, -0.1) is 0 Å². The zero-order chi connectivity index (χ0) is 10.6. The molecule has 0 radical (unpaired) electrons. The van der Waals surface area contributed by atoms with Gasteiger partial charge in [-0.05, 0) is 38.0 Å². The number of carbonyl (C=O) groups is 1. The van der Waals surface area contributed by atoms with Crippen LogP contribution in [-0.2, 0) is 9.53 Å². The van der Waals surface area contributed by atoms with Crippen LogP contribution in [0.4, 0.5) is 0 Å². The van der Waals surface area contributed by atoms with Gasteiger partial charge >= 0.3 is 5.97 Å². The maximum Gasteiger partial charge on any atom is 0.330 e. The Morgan fingerprint density at radius 2 is 2.29 bits per heavy atom. The number of rotatable bonds is 3. The maximum absolute atomic E-state index is 11.0. The van der Waals surface area contributed by atoms with Gasteiger partial charge in [-0.25, -0.2) is 4.79 Å². The van der Waals surface area contributed by atoms with Crippen LogP contribution in [0.2, 0.25) is 0 Å². The zero-order valence-electron chi connectivity index (χ0n) is 8.66. The van der Waals surface area contributed by atoms with Crippen LogP contribution in [0.1, 0.15) is 23.8 Å². The van der Waals surface area contributed by atoms with E-state index < -0.39 is 0 Å². The lowest BCUT2D eigenvalue weighted by molar-refractivity contribution is -0.137. The summed E-state index contributed by atoms with van der Waals surface area (Å²) in [5.41, 5.74) is 2.12. The molecule has 1 aromatic rings. The van der Waals surface area contributed by atoms with Crippen LogP contribution < -0.4 is 0 Å². The van der Waals surface area contributed by atoms with Gasteiger partial charge in [0.15, 0.2) is 0 Å². The van der Waals surface area contributed by atoms with Crippen LogP contribution in [0.5, 0.6) is 0 Å². The number of hydrogen-bond donors (Lipinski definition) is 0. The lowest BCUT2D eigenvalue weighted by atomic mass is 10.2. The Kier molecular flexibility index (Phi) is 3.51. The van der Waals surface area contributed by atoms with E-state index in [0.717, 1.165) is 11.1 Å². The predicted octanol–water partition coefficient (Wildman–Crippen LogP) is 2.47. The fraction of sp³-hybridized carbons (Fsp3) is 0.364. The van der Waals surface area contributed by atoms with Gasteiger partial charge in [-0.1, -0.05) is 0 Å². The summed E-state index contributed by atoms with van der Waals surface area (Å²) in [6.07, 6.45) is 4.66. The van der Waals surface area contributed by atoms with E-state index in [-0.39, 0.29) is 5.97 Å². The molecule has 1 aromatic heterocycles. The molecule has 3 nitrogen and oxygen atoms in total. The summed E-state index contributed by atoms with van der Waals surface area (Å²) in [4.78, 5) is 11.0. The third-order valence-electron chi connectivity index (χ3n) is 1.98. The molecule has 0 bridgehead atoms. The molecule has 0 aliphatic heterocycles. The quantitative estimate of drug-likeness (QED) is 0.548. The average molecular weight is 194 g/mol. The van der Waals surface area contributed by atoms with Gasteiger partial charge in [-0.2, -0.15) is 0 Å². The van der Waals surface area contributed by atoms with Crippen molar-refractivity contribution >= 4 is 12.0 Å². The first-order valence-electron chi connectivity index (χ1n) is 4.54. The highest BCUT2D eigenvalue weighted by atomic mass is 16.5. The van der Waals surface area contributed by atoms with Crippen molar-refractivity contribution in [3.63, 3.8) is 0 Å². The second-order valence-electron chi connectivity index (χ2n) is 2.99. The highest BCUT2D eigenvalue weighted by Gasteiger charge is 2.03. The molecule has 1 rings (SSSR count). The van der Waals surface area contributed by atoms with Gasteiger partial charge in [0.2, 0.25) is 0 Å². The molecule has 0 aromatic carbocycles. The number of furan rings is 1. The van der Waals surface area contributed by atoms with Crippen LogP contribution >= 0.6 is 0 Å². The number of esters is 1. The Balaban J connectivity index is 2.69. The highest BCUT2D eigenvalue weighted by molar-refractivity contribution is 5.86. The minimum atomic E-state index is -0.346. The largest absolute Gasteiger partial charge is 0.464 e. The van der Waals surface area contributed by atoms with Crippen LogP contribution in [0, 0.1) is 13.8 Å². The first kappa shape index (κ1) is 10.6. The SMILES string of the molecule is CCOC(=O)/C=C/c1occ(C)c1C. The molecule has 0 amide bonds. The highest BCUT2D eigenvalue weighted by Crippen LogP contribution is 2.16. The first-order valence-corrected chi connectivity index (χ1v) is 4.54. The molecule has 0 spiro atoms. The van der Waals surface area contributed by atoms with E-state index in [0.29, 0.717) is 12.4 Å². The third-order valence-corrected chi connectivity index (χ3v) is 1.98. The monoisotopic (exact) mass is 194 g/mol. The molecule has 14 heavy (non-hydrogen) atoms.